The van der Waals surface area contributed by atoms with Crippen LogP contribution in [-0.2, 0) is 6.42 Å². The summed E-state index contributed by atoms with van der Waals surface area (Å²) in [4.78, 5) is 17.9. The number of aliphatic hydroxyl groups is 1. The van der Waals surface area contributed by atoms with Gasteiger partial charge in [-0.25, -0.2) is 9.78 Å². The number of aromatic nitrogens is 1. The van der Waals surface area contributed by atoms with Crippen LogP contribution in [0, 0.1) is 0 Å². The summed E-state index contributed by atoms with van der Waals surface area (Å²) in [6, 6.07) is -0.129. The minimum absolute atomic E-state index is 0.00883. The molecule has 0 spiro atoms. The highest BCUT2D eigenvalue weighted by Gasteiger charge is 2.10. The molecular formula is C13H23N3O2S. The maximum absolute atomic E-state index is 11.8. The third-order valence-corrected chi connectivity index (χ3v) is 3.95. The molecular weight excluding hydrogens is 262 g/mol. The van der Waals surface area contributed by atoms with Gasteiger partial charge < -0.3 is 15.3 Å². The van der Waals surface area contributed by atoms with E-state index in [1.165, 1.54) is 0 Å². The molecule has 5 nitrogen and oxygen atoms in total. The van der Waals surface area contributed by atoms with Crippen molar-refractivity contribution in [3.8, 4) is 0 Å². The zero-order valence-corrected chi connectivity index (χ0v) is 12.7. The fourth-order valence-corrected chi connectivity index (χ4v) is 2.51. The highest BCUT2D eigenvalue weighted by atomic mass is 32.1. The summed E-state index contributed by atoms with van der Waals surface area (Å²) in [5.41, 5.74) is 1.03. The smallest absolute Gasteiger partial charge is 0.317 e. The summed E-state index contributed by atoms with van der Waals surface area (Å²) in [6.45, 7) is 7.67. The molecule has 0 fully saturated rings. The van der Waals surface area contributed by atoms with Crippen molar-refractivity contribution in [2.45, 2.75) is 33.1 Å². The van der Waals surface area contributed by atoms with Gasteiger partial charge in [0.1, 0.15) is 0 Å². The van der Waals surface area contributed by atoms with Crippen molar-refractivity contribution < 1.29 is 9.90 Å². The molecule has 0 aliphatic heterocycles. The van der Waals surface area contributed by atoms with Crippen LogP contribution in [-0.4, -0.2) is 47.3 Å². The molecule has 0 saturated heterocycles. The van der Waals surface area contributed by atoms with Crippen molar-refractivity contribution in [1.82, 2.24) is 15.2 Å². The Kier molecular flexibility index (Phi) is 6.80. The molecule has 6 heteroatoms. The highest BCUT2D eigenvalue weighted by Crippen LogP contribution is 2.19. The van der Waals surface area contributed by atoms with E-state index in [-0.39, 0.29) is 12.6 Å². The molecule has 0 bridgehead atoms. The van der Waals surface area contributed by atoms with Gasteiger partial charge in [-0.15, -0.1) is 11.3 Å². The van der Waals surface area contributed by atoms with Crippen LogP contribution >= 0.6 is 11.3 Å². The Morgan fingerprint density at radius 3 is 2.84 bits per heavy atom. The normalized spacial score (nSPS) is 10.8. The standard InChI is InChI=1S/C13H23N3O2S/c1-4-16(7-8-17)13(18)14-6-5-11-9-19-12(15-11)10(2)3/h9-10,17H,4-8H2,1-3H3,(H,14,18). The van der Waals surface area contributed by atoms with Crippen LogP contribution in [0.15, 0.2) is 5.38 Å². The lowest BCUT2D eigenvalue weighted by Gasteiger charge is -2.19. The first kappa shape index (κ1) is 15.9. The van der Waals surface area contributed by atoms with Crippen molar-refractivity contribution in [3.63, 3.8) is 0 Å². The van der Waals surface area contributed by atoms with E-state index >= 15 is 0 Å². The van der Waals surface area contributed by atoms with E-state index in [9.17, 15) is 4.79 Å². The summed E-state index contributed by atoms with van der Waals surface area (Å²) in [5, 5.41) is 14.9. The molecule has 0 atom stereocenters. The van der Waals surface area contributed by atoms with E-state index in [2.05, 4.69) is 24.1 Å². The highest BCUT2D eigenvalue weighted by molar-refractivity contribution is 7.09. The number of amides is 2. The number of rotatable bonds is 7. The average molecular weight is 285 g/mol. The monoisotopic (exact) mass is 285 g/mol. The van der Waals surface area contributed by atoms with Gasteiger partial charge in [-0.05, 0) is 6.92 Å². The first-order chi connectivity index (χ1) is 9.08. The number of thiazole rings is 1. The molecule has 0 aliphatic carbocycles. The maximum Gasteiger partial charge on any atom is 0.317 e. The second-order valence-corrected chi connectivity index (χ2v) is 5.51. The Bertz CT molecular complexity index is 393. The minimum atomic E-state index is -0.129. The quantitative estimate of drug-likeness (QED) is 0.803. The number of urea groups is 1. The zero-order valence-electron chi connectivity index (χ0n) is 11.8. The Balaban J connectivity index is 2.34. The largest absolute Gasteiger partial charge is 0.395 e. The number of nitrogens with zero attached hydrogens (tertiary/aromatic N) is 2. The predicted molar refractivity (Wildman–Crippen MR) is 77.6 cm³/mol. The number of carbonyl (C=O) groups excluding carboxylic acids is 1. The Labute approximate surface area is 118 Å². The molecule has 0 aromatic carbocycles. The van der Waals surface area contributed by atoms with Crippen LogP contribution in [0.4, 0.5) is 4.79 Å². The maximum atomic E-state index is 11.8. The van der Waals surface area contributed by atoms with Gasteiger partial charge in [-0.2, -0.15) is 0 Å². The van der Waals surface area contributed by atoms with Gasteiger partial charge in [0.2, 0.25) is 0 Å². The molecule has 0 radical (unpaired) electrons. The third kappa shape index (κ3) is 5.16. The third-order valence-electron chi connectivity index (χ3n) is 2.76. The topological polar surface area (TPSA) is 65.5 Å². The molecule has 1 heterocycles. The lowest BCUT2D eigenvalue weighted by Crippen LogP contribution is -2.42. The van der Waals surface area contributed by atoms with Crippen LogP contribution in [0.1, 0.15) is 37.4 Å². The Morgan fingerprint density at radius 1 is 1.58 bits per heavy atom. The van der Waals surface area contributed by atoms with E-state index in [0.29, 0.717) is 25.6 Å². The van der Waals surface area contributed by atoms with Crippen molar-refractivity contribution in [2.75, 3.05) is 26.2 Å². The van der Waals surface area contributed by atoms with Crippen molar-refractivity contribution in [1.29, 1.82) is 0 Å². The number of hydrogen-bond donors (Lipinski definition) is 2. The van der Waals surface area contributed by atoms with Crippen LogP contribution < -0.4 is 5.32 Å². The molecule has 1 rings (SSSR count). The van der Waals surface area contributed by atoms with Gasteiger partial charge in [-0.3, -0.25) is 0 Å². The molecule has 0 unspecified atom stereocenters. The number of likely N-dealkylation sites (N-methyl/N-ethyl adjacent to an activating group) is 1. The molecule has 0 aliphatic rings. The molecule has 108 valence electrons. The van der Waals surface area contributed by atoms with E-state index in [0.717, 1.165) is 17.1 Å². The lowest BCUT2D eigenvalue weighted by molar-refractivity contribution is 0.180. The Morgan fingerprint density at radius 2 is 2.32 bits per heavy atom. The van der Waals surface area contributed by atoms with Crippen LogP contribution in [0.3, 0.4) is 0 Å². The summed E-state index contributed by atoms with van der Waals surface area (Å²) in [6.07, 6.45) is 0.742. The van der Waals surface area contributed by atoms with E-state index < -0.39 is 0 Å². The van der Waals surface area contributed by atoms with Gasteiger partial charge in [0.05, 0.1) is 17.3 Å². The Hall–Kier alpha value is -1.14. The lowest BCUT2D eigenvalue weighted by atomic mass is 10.2. The number of hydrogen-bond acceptors (Lipinski definition) is 4. The summed E-state index contributed by atoms with van der Waals surface area (Å²) in [7, 11) is 0. The van der Waals surface area contributed by atoms with Crippen molar-refractivity contribution >= 4 is 17.4 Å². The van der Waals surface area contributed by atoms with Gasteiger partial charge in [-0.1, -0.05) is 13.8 Å². The molecule has 0 saturated carbocycles. The van der Waals surface area contributed by atoms with Gasteiger partial charge in [0, 0.05) is 37.4 Å². The SMILES string of the molecule is CCN(CCO)C(=O)NCCc1csc(C(C)C)n1. The number of nitrogens with one attached hydrogen (secondary N) is 1. The van der Waals surface area contributed by atoms with Crippen molar-refractivity contribution in [2.24, 2.45) is 0 Å². The fourth-order valence-electron chi connectivity index (χ4n) is 1.64. The predicted octanol–water partition coefficient (Wildman–Crippen LogP) is 1.83. The molecule has 2 amide bonds. The van der Waals surface area contributed by atoms with E-state index in [1.54, 1.807) is 16.2 Å². The molecule has 1 aromatic heterocycles. The van der Waals surface area contributed by atoms with Crippen LogP contribution in [0.25, 0.3) is 0 Å². The number of carbonyl (C=O) groups is 1. The van der Waals surface area contributed by atoms with E-state index in [4.69, 9.17) is 5.11 Å². The van der Waals surface area contributed by atoms with Crippen molar-refractivity contribution in [3.05, 3.63) is 16.1 Å². The second-order valence-electron chi connectivity index (χ2n) is 4.62. The van der Waals surface area contributed by atoms with Gasteiger partial charge >= 0.3 is 6.03 Å². The minimum Gasteiger partial charge on any atom is -0.395 e. The van der Waals surface area contributed by atoms with Gasteiger partial charge in [0.25, 0.3) is 0 Å². The summed E-state index contributed by atoms with van der Waals surface area (Å²) < 4.78 is 0. The average Bonchev–Trinajstić information content (AvgIpc) is 2.84. The first-order valence-corrected chi connectivity index (χ1v) is 7.54. The van der Waals surface area contributed by atoms with Crippen LogP contribution in [0.2, 0.25) is 0 Å². The molecule has 2 N–H and O–H groups in total. The molecule has 1 aromatic rings. The zero-order chi connectivity index (χ0) is 14.3. The summed E-state index contributed by atoms with van der Waals surface area (Å²) >= 11 is 1.67. The first-order valence-electron chi connectivity index (χ1n) is 6.66. The summed E-state index contributed by atoms with van der Waals surface area (Å²) in [5.74, 6) is 0.452. The van der Waals surface area contributed by atoms with Crippen LogP contribution in [0.5, 0.6) is 0 Å². The molecule has 19 heavy (non-hydrogen) atoms. The van der Waals surface area contributed by atoms with E-state index in [1.807, 2.05) is 12.3 Å². The fraction of sp³-hybridized carbons (Fsp3) is 0.692. The number of aliphatic hydroxyl groups excluding tert-OH is 1. The van der Waals surface area contributed by atoms with Gasteiger partial charge in [0.15, 0.2) is 0 Å². The second kappa shape index (κ2) is 8.12.